The highest BCUT2D eigenvalue weighted by Crippen LogP contribution is 2.29. The van der Waals surface area contributed by atoms with E-state index in [0.29, 0.717) is 62.1 Å². The molecule has 0 fully saturated rings. The molecule has 0 atom stereocenters. The molecule has 42 heavy (non-hydrogen) atoms. The third kappa shape index (κ3) is 5.74. The number of aryl methyl sites for hydroxylation is 2. The van der Waals surface area contributed by atoms with Crippen molar-refractivity contribution in [2.75, 3.05) is 27.8 Å². The Balaban J connectivity index is 1.39. The Labute approximate surface area is 256 Å². The molecule has 0 saturated heterocycles. The summed E-state index contributed by atoms with van der Waals surface area (Å²) in [5.74, 6) is 1.19. The SMILES string of the molecule is COc1ccc(CCN(C)C(=O)Cc2csc3nc(C)c(-c4cc(C)n(-c5ccc(Cl)c(Cl)c5)n4)c(=O)n23)cc1OC. The van der Waals surface area contributed by atoms with Gasteiger partial charge in [-0.25, -0.2) is 9.67 Å². The second-order valence-electron chi connectivity index (χ2n) is 9.83. The molecule has 2 aromatic carbocycles. The number of thiazole rings is 1. The molecule has 3 heterocycles. The molecule has 218 valence electrons. The third-order valence-corrected chi connectivity index (χ3v) is 8.67. The van der Waals surface area contributed by atoms with Gasteiger partial charge in [0.25, 0.3) is 5.56 Å². The van der Waals surface area contributed by atoms with Gasteiger partial charge in [-0.05, 0) is 62.2 Å². The summed E-state index contributed by atoms with van der Waals surface area (Å²) in [6, 6.07) is 12.8. The van der Waals surface area contributed by atoms with Gasteiger partial charge in [-0.3, -0.25) is 14.0 Å². The summed E-state index contributed by atoms with van der Waals surface area (Å²) in [6.45, 7) is 4.18. The van der Waals surface area contributed by atoms with E-state index in [0.717, 1.165) is 16.9 Å². The fourth-order valence-corrected chi connectivity index (χ4v) is 5.96. The van der Waals surface area contributed by atoms with Crippen molar-refractivity contribution >= 4 is 45.4 Å². The third-order valence-electron chi connectivity index (χ3n) is 7.05. The molecule has 0 aliphatic rings. The lowest BCUT2D eigenvalue weighted by Crippen LogP contribution is -2.31. The van der Waals surface area contributed by atoms with Crippen molar-refractivity contribution in [1.29, 1.82) is 0 Å². The number of fused-ring (bicyclic) bond motifs is 1. The van der Waals surface area contributed by atoms with Crippen molar-refractivity contribution in [3.63, 3.8) is 0 Å². The van der Waals surface area contributed by atoms with Crippen LogP contribution in [0.2, 0.25) is 10.0 Å². The molecular formula is C30H29Cl2N5O4S. The number of aromatic nitrogens is 4. The normalized spacial score (nSPS) is 11.2. The van der Waals surface area contributed by atoms with Crippen molar-refractivity contribution in [3.8, 4) is 28.4 Å². The molecule has 0 spiro atoms. The minimum atomic E-state index is -0.270. The Morgan fingerprint density at radius 1 is 1.02 bits per heavy atom. The van der Waals surface area contributed by atoms with Gasteiger partial charge in [0.1, 0.15) is 5.69 Å². The van der Waals surface area contributed by atoms with Gasteiger partial charge in [-0.2, -0.15) is 5.10 Å². The smallest absolute Gasteiger partial charge is 0.268 e. The van der Waals surface area contributed by atoms with Crippen LogP contribution in [0.3, 0.4) is 0 Å². The molecule has 0 saturated carbocycles. The molecule has 0 aliphatic heterocycles. The average Bonchev–Trinajstić information content (AvgIpc) is 3.55. The second kappa shape index (κ2) is 12.2. The monoisotopic (exact) mass is 625 g/mol. The largest absolute Gasteiger partial charge is 0.493 e. The lowest BCUT2D eigenvalue weighted by atomic mass is 10.1. The highest BCUT2D eigenvalue weighted by Gasteiger charge is 2.21. The van der Waals surface area contributed by atoms with Crippen LogP contribution in [0.4, 0.5) is 0 Å². The number of hydrogen-bond donors (Lipinski definition) is 0. The molecule has 3 aromatic heterocycles. The molecule has 9 nitrogen and oxygen atoms in total. The predicted molar refractivity (Wildman–Crippen MR) is 166 cm³/mol. The van der Waals surface area contributed by atoms with E-state index in [1.807, 2.05) is 42.6 Å². The first-order chi connectivity index (χ1) is 20.1. The first-order valence-corrected chi connectivity index (χ1v) is 14.7. The van der Waals surface area contributed by atoms with Crippen LogP contribution in [-0.4, -0.2) is 57.8 Å². The Kier molecular flexibility index (Phi) is 8.58. The number of ether oxygens (including phenoxy) is 2. The molecule has 0 radical (unpaired) electrons. The summed E-state index contributed by atoms with van der Waals surface area (Å²) >= 11 is 13.6. The molecule has 5 rings (SSSR count). The quantitative estimate of drug-likeness (QED) is 0.206. The zero-order valence-electron chi connectivity index (χ0n) is 23.8. The Morgan fingerprint density at radius 3 is 2.50 bits per heavy atom. The van der Waals surface area contributed by atoms with Crippen molar-refractivity contribution in [1.82, 2.24) is 24.1 Å². The van der Waals surface area contributed by atoms with Crippen molar-refractivity contribution in [2.24, 2.45) is 0 Å². The Bertz CT molecular complexity index is 1860. The van der Waals surface area contributed by atoms with Gasteiger partial charge < -0.3 is 14.4 Å². The standard InChI is InChI=1S/C30H29Cl2N5O4S/c1-17-12-24(34-37(17)20-7-8-22(31)23(32)14-20)28-18(2)33-30-36(29(28)39)21(16-42-30)15-27(38)35(3)11-10-19-6-9-25(40-4)26(13-19)41-5/h6-9,12-14,16H,10-11,15H2,1-5H3. The summed E-state index contributed by atoms with van der Waals surface area (Å²) in [5.41, 5.74) is 4.28. The molecule has 12 heteroatoms. The van der Waals surface area contributed by atoms with Crippen LogP contribution in [0.15, 0.2) is 52.6 Å². The summed E-state index contributed by atoms with van der Waals surface area (Å²) < 4.78 is 13.9. The van der Waals surface area contributed by atoms with Crippen LogP contribution in [0.5, 0.6) is 11.5 Å². The Hall–Kier alpha value is -3.86. The summed E-state index contributed by atoms with van der Waals surface area (Å²) in [6.07, 6.45) is 0.696. The van der Waals surface area contributed by atoms with Gasteiger partial charge in [0, 0.05) is 30.4 Å². The van der Waals surface area contributed by atoms with Crippen LogP contribution in [0, 0.1) is 13.8 Å². The number of hydrogen-bond acceptors (Lipinski definition) is 7. The lowest BCUT2D eigenvalue weighted by Gasteiger charge is -2.18. The predicted octanol–water partition coefficient (Wildman–Crippen LogP) is 5.79. The van der Waals surface area contributed by atoms with Crippen molar-refractivity contribution in [2.45, 2.75) is 26.7 Å². The van der Waals surface area contributed by atoms with Crippen LogP contribution in [0.1, 0.15) is 22.6 Å². The first kappa shape index (κ1) is 29.6. The number of likely N-dealkylation sites (N-methyl/N-ethyl adjacent to an activating group) is 1. The van der Waals surface area contributed by atoms with E-state index >= 15 is 0 Å². The number of benzene rings is 2. The molecular weight excluding hydrogens is 597 g/mol. The topological polar surface area (TPSA) is 91.0 Å². The van der Waals surface area contributed by atoms with Crippen LogP contribution >= 0.6 is 34.5 Å². The minimum Gasteiger partial charge on any atom is -0.493 e. The molecule has 0 aliphatic carbocycles. The van der Waals surface area contributed by atoms with Crippen LogP contribution in [-0.2, 0) is 17.6 Å². The van der Waals surface area contributed by atoms with Crippen molar-refractivity contribution in [3.05, 3.63) is 90.9 Å². The highest BCUT2D eigenvalue weighted by atomic mass is 35.5. The zero-order valence-corrected chi connectivity index (χ0v) is 26.1. The van der Waals surface area contributed by atoms with Gasteiger partial charge in [0.05, 0.1) is 47.6 Å². The Morgan fingerprint density at radius 2 is 1.79 bits per heavy atom. The fourth-order valence-electron chi connectivity index (χ4n) is 4.75. The van der Waals surface area contributed by atoms with Gasteiger partial charge >= 0.3 is 0 Å². The van der Waals surface area contributed by atoms with E-state index < -0.39 is 0 Å². The van der Waals surface area contributed by atoms with E-state index in [1.54, 1.807) is 49.9 Å². The first-order valence-electron chi connectivity index (χ1n) is 13.1. The maximum atomic E-state index is 13.9. The fraction of sp³-hybridized carbons (Fsp3) is 0.267. The molecule has 0 unspecified atom stereocenters. The number of carbonyl (C=O) groups is 1. The number of nitrogens with zero attached hydrogens (tertiary/aromatic N) is 5. The van der Waals surface area contributed by atoms with Crippen molar-refractivity contribution < 1.29 is 14.3 Å². The van der Waals surface area contributed by atoms with Crippen LogP contribution in [0.25, 0.3) is 21.9 Å². The average molecular weight is 627 g/mol. The number of amides is 1. The lowest BCUT2D eigenvalue weighted by molar-refractivity contribution is -0.129. The number of methoxy groups -OCH3 is 2. The van der Waals surface area contributed by atoms with Gasteiger partial charge in [0.2, 0.25) is 5.91 Å². The maximum Gasteiger partial charge on any atom is 0.268 e. The number of rotatable bonds is 9. The van der Waals surface area contributed by atoms with Gasteiger partial charge in [-0.1, -0.05) is 29.3 Å². The van der Waals surface area contributed by atoms with E-state index in [2.05, 4.69) is 4.98 Å². The minimum absolute atomic E-state index is 0.0588. The van der Waals surface area contributed by atoms with E-state index in [1.165, 1.54) is 15.7 Å². The molecule has 0 bridgehead atoms. The second-order valence-corrected chi connectivity index (χ2v) is 11.5. The van der Waals surface area contributed by atoms with E-state index in [-0.39, 0.29) is 17.9 Å². The van der Waals surface area contributed by atoms with Crippen LogP contribution < -0.4 is 15.0 Å². The maximum absolute atomic E-state index is 13.9. The molecule has 5 aromatic rings. The van der Waals surface area contributed by atoms with E-state index in [9.17, 15) is 9.59 Å². The highest BCUT2D eigenvalue weighted by molar-refractivity contribution is 7.15. The van der Waals surface area contributed by atoms with E-state index in [4.69, 9.17) is 37.8 Å². The van der Waals surface area contributed by atoms with Gasteiger partial charge in [0.15, 0.2) is 16.5 Å². The summed E-state index contributed by atoms with van der Waals surface area (Å²) in [4.78, 5) is 33.9. The van der Waals surface area contributed by atoms with Gasteiger partial charge in [-0.15, -0.1) is 11.3 Å². The summed E-state index contributed by atoms with van der Waals surface area (Å²) in [7, 11) is 4.94. The number of carbonyl (C=O) groups excluding carboxylic acids is 1. The summed E-state index contributed by atoms with van der Waals surface area (Å²) in [5, 5.41) is 7.37. The number of halogens is 2. The molecule has 0 N–H and O–H groups in total. The molecule has 1 amide bonds. The zero-order chi connectivity index (χ0) is 30.1.